The van der Waals surface area contributed by atoms with Crippen LogP contribution < -0.4 is 0 Å². The lowest BCUT2D eigenvalue weighted by atomic mass is 9.84. The van der Waals surface area contributed by atoms with Crippen molar-refractivity contribution < 1.29 is 18.4 Å². The molecule has 0 amide bonds. The fourth-order valence-electron chi connectivity index (χ4n) is 3.86. The van der Waals surface area contributed by atoms with Gasteiger partial charge in [0, 0.05) is 17.2 Å². The molecule has 0 fully saturated rings. The third-order valence-electron chi connectivity index (χ3n) is 6.08. The van der Waals surface area contributed by atoms with E-state index in [1.165, 1.54) is 6.08 Å². The van der Waals surface area contributed by atoms with E-state index in [4.69, 9.17) is 13.6 Å². The fourth-order valence-corrected chi connectivity index (χ4v) is 5.20. The van der Waals surface area contributed by atoms with Crippen molar-refractivity contribution in [3.63, 3.8) is 0 Å². The van der Waals surface area contributed by atoms with E-state index >= 15 is 0 Å². The molecule has 0 saturated carbocycles. The number of carbonyl (C=O) groups is 1. The van der Waals surface area contributed by atoms with Gasteiger partial charge in [-0.3, -0.25) is 0 Å². The van der Waals surface area contributed by atoms with Gasteiger partial charge in [0.25, 0.3) is 0 Å². The Morgan fingerprint density at radius 1 is 0.786 bits per heavy atom. The summed E-state index contributed by atoms with van der Waals surface area (Å²) in [5.74, 6) is 6.39. The normalized spacial score (nSPS) is 13.2. The summed E-state index contributed by atoms with van der Waals surface area (Å²) in [6.07, 6.45) is 5.05. The number of carbonyl (C=O) groups excluding carboxylic acids is 1. The van der Waals surface area contributed by atoms with Gasteiger partial charge in [0.05, 0.1) is 17.8 Å². The number of hydrogen-bond acceptors (Lipinski definition) is 4. The van der Waals surface area contributed by atoms with Crippen LogP contribution in [0.4, 0.5) is 0 Å². The van der Waals surface area contributed by atoms with Crippen molar-refractivity contribution in [1.29, 1.82) is 0 Å². The highest BCUT2D eigenvalue weighted by Crippen LogP contribution is 2.38. The molecule has 0 heterocycles. The number of benzene rings is 2. The van der Waals surface area contributed by atoms with Gasteiger partial charge in [-0.2, -0.15) is 0 Å². The van der Waals surface area contributed by atoms with E-state index in [0.29, 0.717) is 26.1 Å². The van der Waals surface area contributed by atoms with Crippen LogP contribution in [0.25, 0.3) is 5.57 Å². The molecule has 2 rings (SSSR count). The summed E-state index contributed by atoms with van der Waals surface area (Å²) >= 11 is 0. The van der Waals surface area contributed by atoms with Crippen molar-refractivity contribution in [1.82, 2.24) is 0 Å². The summed E-state index contributed by atoms with van der Waals surface area (Å²) in [6, 6.07) is 14.5. The van der Waals surface area contributed by atoms with Crippen LogP contribution in [0.15, 0.2) is 60.7 Å². The Balaban J connectivity index is 2.46. The molecule has 0 N–H and O–H groups in total. The Labute approximate surface area is 260 Å². The molecule has 2 aromatic carbocycles. The number of allylic oxidation sites excluding steroid dienone is 3. The largest absolute Gasteiger partial charge is 0.463 e. The molecule has 0 atom stereocenters. The first-order valence-electron chi connectivity index (χ1n) is 14.5. The molecule has 0 spiro atoms. The number of rotatable bonds is 10. The first-order chi connectivity index (χ1) is 19.3. The topological polar surface area (TPSA) is 44.8 Å². The summed E-state index contributed by atoms with van der Waals surface area (Å²) in [5, 5.41) is 0.155. The third kappa shape index (κ3) is 11.9. The molecule has 224 valence electrons. The molecule has 0 unspecified atom stereocenters. The lowest BCUT2D eigenvalue weighted by molar-refractivity contribution is -0.137. The molecule has 4 radical (unpaired) electrons. The molecule has 4 nitrogen and oxygen atoms in total. The van der Waals surface area contributed by atoms with Crippen molar-refractivity contribution in [2.75, 3.05) is 6.61 Å². The van der Waals surface area contributed by atoms with E-state index in [0.717, 1.165) is 33.4 Å². The van der Waals surface area contributed by atoms with E-state index in [2.05, 4.69) is 105 Å². The molecular formula is C36H48O4Si2. The highest BCUT2D eigenvalue weighted by molar-refractivity contribution is 6.32. The lowest BCUT2D eigenvalue weighted by Crippen LogP contribution is -2.34. The van der Waals surface area contributed by atoms with Gasteiger partial charge in [-0.1, -0.05) is 83.7 Å². The van der Waals surface area contributed by atoms with Crippen molar-refractivity contribution >= 4 is 31.1 Å². The van der Waals surface area contributed by atoms with Gasteiger partial charge in [-0.25, -0.2) is 4.79 Å². The van der Waals surface area contributed by atoms with Gasteiger partial charge in [-0.15, -0.1) is 0 Å². The van der Waals surface area contributed by atoms with E-state index in [1.54, 1.807) is 13.0 Å². The van der Waals surface area contributed by atoms with Crippen molar-refractivity contribution in [2.45, 2.75) is 104 Å². The maximum atomic E-state index is 11.6. The van der Waals surface area contributed by atoms with Gasteiger partial charge < -0.3 is 13.6 Å². The van der Waals surface area contributed by atoms with Crippen LogP contribution >= 0.6 is 0 Å². The van der Waals surface area contributed by atoms with Crippen LogP contribution in [0.3, 0.4) is 0 Å². The second-order valence-electron chi connectivity index (χ2n) is 13.5. The maximum absolute atomic E-state index is 11.6. The summed E-state index contributed by atoms with van der Waals surface area (Å²) in [7, 11) is 0.713. The summed E-state index contributed by atoms with van der Waals surface area (Å²) < 4.78 is 18.0. The van der Waals surface area contributed by atoms with Gasteiger partial charge in [-0.05, 0) is 98.1 Å². The Hall–Kier alpha value is -2.70. The zero-order valence-electron chi connectivity index (χ0n) is 27.6. The van der Waals surface area contributed by atoms with E-state index in [1.807, 2.05) is 31.2 Å². The second kappa shape index (κ2) is 14.7. The minimum absolute atomic E-state index is 0.0701. The van der Waals surface area contributed by atoms with E-state index < -0.39 is 11.2 Å². The Kier molecular flexibility index (Phi) is 12.4. The minimum Gasteiger partial charge on any atom is -0.463 e. The van der Waals surface area contributed by atoms with Crippen LogP contribution in [-0.2, 0) is 29.6 Å². The van der Waals surface area contributed by atoms with Gasteiger partial charge in [0.15, 0.2) is 0 Å². The number of hydrogen-bond donors (Lipinski definition) is 0. The van der Waals surface area contributed by atoms with Crippen LogP contribution in [0.2, 0.25) is 10.1 Å². The smallest absolute Gasteiger partial charge is 0.330 e. The average molecular weight is 601 g/mol. The number of ether oxygens (including phenoxy) is 1. The van der Waals surface area contributed by atoms with Crippen molar-refractivity contribution in [3.8, 4) is 11.8 Å². The monoisotopic (exact) mass is 600 g/mol. The third-order valence-corrected chi connectivity index (χ3v) is 8.53. The predicted molar refractivity (Wildman–Crippen MR) is 177 cm³/mol. The molecule has 0 aromatic heterocycles. The quantitative estimate of drug-likeness (QED) is 0.0899. The Morgan fingerprint density at radius 3 is 1.88 bits per heavy atom. The highest BCUT2D eigenvalue weighted by Gasteiger charge is 2.34. The van der Waals surface area contributed by atoms with Gasteiger partial charge in [0.2, 0.25) is 19.5 Å². The average Bonchev–Trinajstić information content (AvgIpc) is 2.89. The maximum Gasteiger partial charge on any atom is 0.330 e. The SMILES string of the molecule is CCOC(=O)/C=C/C=C(\C)c1cccc(C#Cc2ccc(C(C)(C)O[Si]C(C)(C)C)c(C(C)(C)O[Si]C(C)(C)C)c2)c1. The summed E-state index contributed by atoms with van der Waals surface area (Å²) in [6.45, 7) is 25.9. The molecule has 0 aliphatic heterocycles. The minimum atomic E-state index is -0.525. The van der Waals surface area contributed by atoms with Crippen LogP contribution in [0.1, 0.15) is 111 Å². The highest BCUT2D eigenvalue weighted by atomic mass is 28.2. The molecule has 0 aliphatic carbocycles. The standard InChI is InChI=1S/C36H48O4Si2/c1-13-38-32(37)19-14-16-26(2)29-18-15-17-27(24-29)20-21-28-22-23-30(35(9,10)39-41-33(3,4)5)31(25-28)36(11,12)40-42-34(6,7)8/h14-19,22-25H,13H2,1-12H3/b19-14+,26-16+. The number of esters is 1. The van der Waals surface area contributed by atoms with Gasteiger partial charge >= 0.3 is 5.97 Å². The second-order valence-corrected chi connectivity index (χ2v) is 17.3. The lowest BCUT2D eigenvalue weighted by Gasteiger charge is -2.37. The molecule has 0 saturated heterocycles. The molecule has 2 aromatic rings. The fraction of sp³-hybridized carbons (Fsp3) is 0.472. The van der Waals surface area contributed by atoms with E-state index in [-0.39, 0.29) is 16.0 Å². The van der Waals surface area contributed by atoms with Gasteiger partial charge in [0.1, 0.15) is 0 Å². The Bertz CT molecular complexity index is 1340. The van der Waals surface area contributed by atoms with Crippen LogP contribution in [0, 0.1) is 11.8 Å². The molecule has 6 heteroatoms. The predicted octanol–water partition coefficient (Wildman–Crippen LogP) is 8.79. The van der Waals surface area contributed by atoms with Crippen molar-refractivity contribution in [3.05, 3.63) is 88.5 Å². The first kappa shape index (κ1) is 35.5. The summed E-state index contributed by atoms with van der Waals surface area (Å²) in [5.41, 5.74) is 5.11. The first-order valence-corrected chi connectivity index (χ1v) is 16.3. The van der Waals surface area contributed by atoms with Crippen LogP contribution in [0.5, 0.6) is 0 Å². The molecule has 42 heavy (non-hydrogen) atoms. The zero-order valence-corrected chi connectivity index (χ0v) is 29.6. The molecule has 0 aliphatic rings. The van der Waals surface area contributed by atoms with Crippen molar-refractivity contribution in [2.24, 2.45) is 0 Å². The molecule has 0 bridgehead atoms. The summed E-state index contributed by atoms with van der Waals surface area (Å²) in [4.78, 5) is 11.6. The van der Waals surface area contributed by atoms with E-state index in [9.17, 15) is 4.79 Å². The Morgan fingerprint density at radius 2 is 1.33 bits per heavy atom. The zero-order chi connectivity index (χ0) is 31.8. The molecular weight excluding hydrogens is 553 g/mol. The van der Waals surface area contributed by atoms with Crippen LogP contribution in [-0.4, -0.2) is 32.1 Å².